The second-order valence-corrected chi connectivity index (χ2v) is 6.51. The van der Waals surface area contributed by atoms with Gasteiger partial charge in [0.15, 0.2) is 5.79 Å². The van der Waals surface area contributed by atoms with Crippen LogP contribution in [0.25, 0.3) is 0 Å². The van der Waals surface area contributed by atoms with Crippen molar-refractivity contribution in [2.45, 2.75) is 65.3 Å². The van der Waals surface area contributed by atoms with Crippen LogP contribution >= 0.6 is 0 Å². The van der Waals surface area contributed by atoms with Gasteiger partial charge in [-0.2, -0.15) is 0 Å². The summed E-state index contributed by atoms with van der Waals surface area (Å²) in [6.45, 7) is 11.0. The van der Waals surface area contributed by atoms with Crippen LogP contribution < -0.4 is 5.32 Å². The van der Waals surface area contributed by atoms with Crippen molar-refractivity contribution in [3.8, 4) is 0 Å². The largest absolute Gasteiger partial charge is 0.366 e. The minimum atomic E-state index is -1.11. The van der Waals surface area contributed by atoms with Crippen molar-refractivity contribution in [3.63, 3.8) is 0 Å². The van der Waals surface area contributed by atoms with Crippen molar-refractivity contribution in [3.05, 3.63) is 0 Å². The van der Waals surface area contributed by atoms with Crippen LogP contribution in [0.2, 0.25) is 0 Å². The summed E-state index contributed by atoms with van der Waals surface area (Å²) in [4.78, 5) is 14.0. The van der Waals surface area contributed by atoms with E-state index in [1.807, 2.05) is 4.90 Å². The normalized spacial score (nSPS) is 19.4. The van der Waals surface area contributed by atoms with E-state index in [0.717, 1.165) is 45.4 Å². The standard InChI is InChI=1S/C16H32N2O3/c1-5-13(2)14(21-16(3,4)20)7-6-8-15(19)18-11-9-17-10-12-18/h13-14,17,20H,5-12H2,1-4H3. The number of amides is 1. The van der Waals surface area contributed by atoms with Gasteiger partial charge in [0.1, 0.15) is 0 Å². The van der Waals surface area contributed by atoms with E-state index in [9.17, 15) is 9.90 Å². The molecule has 0 saturated carbocycles. The number of nitrogens with zero attached hydrogens (tertiary/aromatic N) is 1. The van der Waals surface area contributed by atoms with Gasteiger partial charge in [-0.1, -0.05) is 20.3 Å². The van der Waals surface area contributed by atoms with Gasteiger partial charge in [0, 0.05) is 32.6 Å². The Morgan fingerprint density at radius 1 is 1.38 bits per heavy atom. The number of aliphatic hydroxyl groups is 1. The van der Waals surface area contributed by atoms with Gasteiger partial charge in [-0.3, -0.25) is 4.79 Å². The Labute approximate surface area is 129 Å². The van der Waals surface area contributed by atoms with Gasteiger partial charge in [-0.25, -0.2) is 0 Å². The molecule has 5 nitrogen and oxygen atoms in total. The third kappa shape index (κ3) is 7.25. The van der Waals surface area contributed by atoms with Crippen molar-refractivity contribution in [1.82, 2.24) is 10.2 Å². The molecule has 1 fully saturated rings. The van der Waals surface area contributed by atoms with Crippen LogP contribution in [0.3, 0.4) is 0 Å². The zero-order chi connectivity index (χ0) is 15.9. The highest BCUT2D eigenvalue weighted by Crippen LogP contribution is 2.22. The van der Waals surface area contributed by atoms with E-state index < -0.39 is 5.79 Å². The molecule has 1 amide bonds. The maximum atomic E-state index is 12.1. The van der Waals surface area contributed by atoms with Crippen molar-refractivity contribution >= 4 is 5.91 Å². The molecule has 0 spiro atoms. The Balaban J connectivity index is 2.36. The van der Waals surface area contributed by atoms with Gasteiger partial charge in [-0.15, -0.1) is 0 Å². The Morgan fingerprint density at radius 2 is 2.00 bits per heavy atom. The molecule has 2 atom stereocenters. The molecule has 0 aromatic heterocycles. The molecule has 0 bridgehead atoms. The van der Waals surface area contributed by atoms with Crippen LogP contribution in [-0.4, -0.2) is 54.0 Å². The number of carbonyl (C=O) groups excluding carboxylic acids is 1. The number of hydrogen-bond acceptors (Lipinski definition) is 4. The molecule has 0 radical (unpaired) electrons. The molecule has 1 saturated heterocycles. The zero-order valence-electron chi connectivity index (χ0n) is 14.0. The number of piperazine rings is 1. The first-order valence-electron chi connectivity index (χ1n) is 8.22. The van der Waals surface area contributed by atoms with Gasteiger partial charge in [0.25, 0.3) is 0 Å². The second-order valence-electron chi connectivity index (χ2n) is 6.51. The fraction of sp³-hybridized carbons (Fsp3) is 0.938. The lowest BCUT2D eigenvalue weighted by Gasteiger charge is -2.31. The van der Waals surface area contributed by atoms with E-state index in [4.69, 9.17) is 4.74 Å². The highest BCUT2D eigenvalue weighted by molar-refractivity contribution is 5.76. The topological polar surface area (TPSA) is 61.8 Å². The number of ether oxygens (including phenoxy) is 1. The summed E-state index contributed by atoms with van der Waals surface area (Å²) in [7, 11) is 0. The smallest absolute Gasteiger partial charge is 0.222 e. The fourth-order valence-electron chi connectivity index (χ4n) is 2.62. The molecular weight excluding hydrogens is 268 g/mol. The molecule has 2 unspecified atom stereocenters. The van der Waals surface area contributed by atoms with Gasteiger partial charge in [0.05, 0.1) is 6.10 Å². The minimum absolute atomic E-state index is 0.00539. The predicted octanol–water partition coefficient (Wildman–Crippen LogP) is 1.75. The third-order valence-electron chi connectivity index (χ3n) is 4.07. The SMILES string of the molecule is CCC(C)C(CCCC(=O)N1CCNCC1)OC(C)(C)O. The van der Waals surface area contributed by atoms with E-state index in [1.54, 1.807) is 13.8 Å². The lowest BCUT2D eigenvalue weighted by atomic mass is 9.96. The molecule has 1 rings (SSSR count). The van der Waals surface area contributed by atoms with E-state index >= 15 is 0 Å². The molecule has 0 aromatic carbocycles. The Morgan fingerprint density at radius 3 is 2.52 bits per heavy atom. The minimum Gasteiger partial charge on any atom is -0.366 e. The molecule has 1 aliphatic heterocycles. The van der Waals surface area contributed by atoms with Crippen molar-refractivity contribution < 1.29 is 14.6 Å². The first-order valence-corrected chi connectivity index (χ1v) is 8.22. The zero-order valence-corrected chi connectivity index (χ0v) is 14.0. The third-order valence-corrected chi connectivity index (χ3v) is 4.07. The highest BCUT2D eigenvalue weighted by Gasteiger charge is 2.25. The van der Waals surface area contributed by atoms with Crippen LogP contribution in [0.15, 0.2) is 0 Å². The molecule has 124 valence electrons. The van der Waals surface area contributed by atoms with Crippen LogP contribution in [0, 0.1) is 5.92 Å². The number of carbonyl (C=O) groups is 1. The quantitative estimate of drug-likeness (QED) is 0.670. The van der Waals surface area contributed by atoms with E-state index in [2.05, 4.69) is 19.2 Å². The van der Waals surface area contributed by atoms with Crippen molar-refractivity contribution in [2.24, 2.45) is 5.92 Å². The molecule has 5 heteroatoms. The summed E-state index contributed by atoms with van der Waals surface area (Å²) < 4.78 is 5.74. The molecular formula is C16H32N2O3. The molecule has 0 aliphatic carbocycles. The van der Waals surface area contributed by atoms with E-state index in [-0.39, 0.29) is 12.0 Å². The van der Waals surface area contributed by atoms with Crippen LogP contribution in [0.4, 0.5) is 0 Å². The summed E-state index contributed by atoms with van der Waals surface area (Å²) in [6, 6.07) is 0. The number of hydrogen-bond donors (Lipinski definition) is 2. The van der Waals surface area contributed by atoms with Gasteiger partial charge in [0.2, 0.25) is 5.91 Å². The van der Waals surface area contributed by atoms with Gasteiger partial charge in [-0.05, 0) is 32.6 Å². The summed E-state index contributed by atoms with van der Waals surface area (Å²) >= 11 is 0. The first kappa shape index (κ1) is 18.4. The summed E-state index contributed by atoms with van der Waals surface area (Å²) in [5.74, 6) is -0.496. The maximum Gasteiger partial charge on any atom is 0.222 e. The Hall–Kier alpha value is -0.650. The molecule has 2 N–H and O–H groups in total. The molecule has 1 aliphatic rings. The van der Waals surface area contributed by atoms with Crippen molar-refractivity contribution in [2.75, 3.05) is 26.2 Å². The average Bonchev–Trinajstić information content (AvgIpc) is 2.44. The fourth-order valence-corrected chi connectivity index (χ4v) is 2.62. The maximum absolute atomic E-state index is 12.1. The van der Waals surface area contributed by atoms with E-state index in [1.165, 1.54) is 0 Å². The molecule has 1 heterocycles. The lowest BCUT2D eigenvalue weighted by Crippen LogP contribution is -2.46. The van der Waals surface area contributed by atoms with Crippen LogP contribution in [0.1, 0.15) is 53.4 Å². The lowest BCUT2D eigenvalue weighted by molar-refractivity contribution is -0.217. The summed E-state index contributed by atoms with van der Waals surface area (Å²) in [6.07, 6.45) is 3.21. The molecule has 21 heavy (non-hydrogen) atoms. The van der Waals surface area contributed by atoms with Gasteiger partial charge >= 0.3 is 0 Å². The summed E-state index contributed by atoms with van der Waals surface area (Å²) in [5, 5.41) is 13.1. The van der Waals surface area contributed by atoms with Gasteiger partial charge < -0.3 is 20.1 Å². The summed E-state index contributed by atoms with van der Waals surface area (Å²) in [5.41, 5.74) is 0. The Bertz CT molecular complexity index is 309. The monoisotopic (exact) mass is 300 g/mol. The van der Waals surface area contributed by atoms with Crippen molar-refractivity contribution in [1.29, 1.82) is 0 Å². The number of nitrogens with one attached hydrogen (secondary N) is 1. The molecule has 0 aromatic rings. The first-order chi connectivity index (χ1) is 9.83. The van der Waals surface area contributed by atoms with E-state index in [0.29, 0.717) is 12.3 Å². The highest BCUT2D eigenvalue weighted by atomic mass is 16.6. The Kier molecular flexibility index (Phi) is 7.63. The average molecular weight is 300 g/mol. The van der Waals surface area contributed by atoms with Crippen LogP contribution in [0.5, 0.6) is 0 Å². The second kappa shape index (κ2) is 8.71. The number of rotatable bonds is 8. The predicted molar refractivity (Wildman–Crippen MR) is 83.9 cm³/mol. The van der Waals surface area contributed by atoms with Crippen LogP contribution in [-0.2, 0) is 9.53 Å².